The first-order chi connectivity index (χ1) is 7.65. The predicted octanol–water partition coefficient (Wildman–Crippen LogP) is 1.11. The summed E-state index contributed by atoms with van der Waals surface area (Å²) in [6, 6.07) is 4.21. The van der Waals surface area contributed by atoms with Gasteiger partial charge in [-0.2, -0.15) is 0 Å². The maximum Gasteiger partial charge on any atom is 0.251 e. The summed E-state index contributed by atoms with van der Waals surface area (Å²) in [5.41, 5.74) is 0.159. The SMILES string of the molecule is [B]c1c(F)cccc1NC(=O)/C=C/OCC. The van der Waals surface area contributed by atoms with Gasteiger partial charge in [-0.15, -0.1) is 0 Å². The van der Waals surface area contributed by atoms with Crippen molar-refractivity contribution in [3.8, 4) is 0 Å². The van der Waals surface area contributed by atoms with Crippen molar-refractivity contribution in [1.82, 2.24) is 0 Å². The summed E-state index contributed by atoms with van der Waals surface area (Å²) in [6.07, 6.45) is 2.47. The van der Waals surface area contributed by atoms with Crippen LogP contribution in [0.1, 0.15) is 6.92 Å². The molecule has 1 aromatic rings. The van der Waals surface area contributed by atoms with E-state index in [9.17, 15) is 9.18 Å². The average Bonchev–Trinajstić information content (AvgIpc) is 2.25. The Morgan fingerprint density at radius 2 is 2.38 bits per heavy atom. The van der Waals surface area contributed by atoms with E-state index in [-0.39, 0.29) is 11.2 Å². The highest BCUT2D eigenvalue weighted by Gasteiger charge is 2.04. The van der Waals surface area contributed by atoms with Crippen LogP contribution in [0.5, 0.6) is 0 Å². The summed E-state index contributed by atoms with van der Waals surface area (Å²) < 4.78 is 17.9. The van der Waals surface area contributed by atoms with Crippen molar-refractivity contribution >= 4 is 24.9 Å². The van der Waals surface area contributed by atoms with Crippen molar-refractivity contribution in [1.29, 1.82) is 0 Å². The van der Waals surface area contributed by atoms with Gasteiger partial charge in [-0.05, 0) is 24.5 Å². The number of carbonyl (C=O) groups is 1. The number of ether oxygens (including phenoxy) is 1. The van der Waals surface area contributed by atoms with Crippen LogP contribution in [0, 0.1) is 5.82 Å². The summed E-state index contributed by atoms with van der Waals surface area (Å²) in [6.45, 7) is 2.28. The molecule has 16 heavy (non-hydrogen) atoms. The quantitative estimate of drug-likeness (QED) is 0.468. The number of anilines is 1. The van der Waals surface area contributed by atoms with Gasteiger partial charge in [0, 0.05) is 11.8 Å². The molecule has 1 amide bonds. The molecular weight excluding hydrogens is 208 g/mol. The van der Waals surface area contributed by atoms with Crippen LogP contribution in [0.15, 0.2) is 30.5 Å². The van der Waals surface area contributed by atoms with Crippen molar-refractivity contribution in [2.24, 2.45) is 0 Å². The lowest BCUT2D eigenvalue weighted by Crippen LogP contribution is -2.19. The maximum absolute atomic E-state index is 13.0. The molecule has 0 aromatic heterocycles. The number of halogens is 1. The molecule has 0 saturated carbocycles. The number of amides is 1. The van der Waals surface area contributed by atoms with E-state index < -0.39 is 11.7 Å². The normalized spacial score (nSPS) is 10.4. The Balaban J connectivity index is 2.66. The highest BCUT2D eigenvalue weighted by Crippen LogP contribution is 2.05. The van der Waals surface area contributed by atoms with Gasteiger partial charge >= 0.3 is 0 Å². The molecule has 2 radical (unpaired) electrons. The van der Waals surface area contributed by atoms with Gasteiger partial charge in [0.1, 0.15) is 13.7 Å². The Morgan fingerprint density at radius 1 is 1.62 bits per heavy atom. The number of hydrogen-bond donors (Lipinski definition) is 1. The van der Waals surface area contributed by atoms with Crippen LogP contribution in [-0.4, -0.2) is 20.4 Å². The lowest BCUT2D eigenvalue weighted by molar-refractivity contribution is -0.112. The van der Waals surface area contributed by atoms with Crippen molar-refractivity contribution in [3.63, 3.8) is 0 Å². The van der Waals surface area contributed by atoms with Crippen LogP contribution in [0.2, 0.25) is 0 Å². The van der Waals surface area contributed by atoms with Crippen molar-refractivity contribution in [2.45, 2.75) is 6.92 Å². The van der Waals surface area contributed by atoms with Crippen LogP contribution >= 0.6 is 0 Å². The van der Waals surface area contributed by atoms with E-state index in [1.165, 1.54) is 30.5 Å². The molecule has 82 valence electrons. The lowest BCUT2D eigenvalue weighted by Gasteiger charge is -2.06. The van der Waals surface area contributed by atoms with E-state index in [1.54, 1.807) is 6.92 Å². The van der Waals surface area contributed by atoms with E-state index >= 15 is 0 Å². The summed E-state index contributed by atoms with van der Waals surface area (Å²) in [5.74, 6) is -0.989. The molecule has 0 aliphatic carbocycles. The molecule has 1 rings (SSSR count). The minimum Gasteiger partial charge on any atom is -0.501 e. The monoisotopic (exact) mass is 219 g/mol. The largest absolute Gasteiger partial charge is 0.501 e. The minimum atomic E-state index is -0.563. The van der Waals surface area contributed by atoms with Gasteiger partial charge in [0.05, 0.1) is 12.9 Å². The summed E-state index contributed by atoms with van der Waals surface area (Å²) in [5, 5.41) is 2.44. The Bertz CT molecular complexity index is 407. The van der Waals surface area contributed by atoms with E-state index in [4.69, 9.17) is 12.6 Å². The highest BCUT2D eigenvalue weighted by molar-refractivity contribution is 6.36. The average molecular weight is 219 g/mol. The maximum atomic E-state index is 13.0. The van der Waals surface area contributed by atoms with Gasteiger partial charge in [0.2, 0.25) is 0 Å². The molecule has 1 aromatic carbocycles. The van der Waals surface area contributed by atoms with Crippen LogP contribution in [-0.2, 0) is 9.53 Å². The summed E-state index contributed by atoms with van der Waals surface area (Å²) >= 11 is 0. The zero-order valence-corrected chi connectivity index (χ0v) is 8.87. The number of benzene rings is 1. The van der Waals surface area contributed by atoms with Crippen molar-refractivity contribution < 1.29 is 13.9 Å². The van der Waals surface area contributed by atoms with Gasteiger partial charge in [-0.25, -0.2) is 4.39 Å². The third-order valence-electron chi connectivity index (χ3n) is 1.79. The van der Waals surface area contributed by atoms with Gasteiger partial charge in [-0.3, -0.25) is 4.79 Å². The van der Waals surface area contributed by atoms with Crippen LogP contribution in [0.4, 0.5) is 10.1 Å². The molecule has 0 spiro atoms. The van der Waals surface area contributed by atoms with E-state index in [0.29, 0.717) is 6.61 Å². The molecule has 0 atom stereocenters. The molecule has 0 unspecified atom stereocenters. The Kier molecular flexibility index (Phi) is 4.57. The predicted molar refractivity (Wildman–Crippen MR) is 61.2 cm³/mol. The minimum absolute atomic E-state index is 0.0827. The first kappa shape index (κ1) is 12.3. The fourth-order valence-corrected chi connectivity index (χ4v) is 1.03. The van der Waals surface area contributed by atoms with Gasteiger partial charge < -0.3 is 10.1 Å². The molecule has 5 heteroatoms. The van der Waals surface area contributed by atoms with E-state index in [0.717, 1.165) is 0 Å². The molecule has 0 bridgehead atoms. The highest BCUT2D eigenvalue weighted by atomic mass is 19.1. The summed E-state index contributed by atoms with van der Waals surface area (Å²) in [4.78, 5) is 11.3. The van der Waals surface area contributed by atoms with Gasteiger partial charge in [-0.1, -0.05) is 6.07 Å². The number of hydrogen-bond acceptors (Lipinski definition) is 2. The molecule has 3 nitrogen and oxygen atoms in total. The molecule has 0 fully saturated rings. The second-order valence-corrected chi connectivity index (χ2v) is 2.95. The molecule has 0 aliphatic heterocycles. The third kappa shape index (κ3) is 3.42. The lowest BCUT2D eigenvalue weighted by atomic mass is 9.93. The fourth-order valence-electron chi connectivity index (χ4n) is 1.03. The second-order valence-electron chi connectivity index (χ2n) is 2.95. The van der Waals surface area contributed by atoms with Gasteiger partial charge in [0.15, 0.2) is 0 Å². The molecule has 0 heterocycles. The molecular formula is C11H11BFNO2. The number of nitrogens with one attached hydrogen (secondary N) is 1. The zero-order valence-electron chi connectivity index (χ0n) is 8.87. The smallest absolute Gasteiger partial charge is 0.251 e. The van der Waals surface area contributed by atoms with Crippen LogP contribution < -0.4 is 10.8 Å². The third-order valence-corrected chi connectivity index (χ3v) is 1.79. The van der Waals surface area contributed by atoms with Crippen LogP contribution in [0.25, 0.3) is 0 Å². The zero-order chi connectivity index (χ0) is 12.0. The Labute approximate surface area is 94.7 Å². The number of rotatable bonds is 4. The molecule has 1 N–H and O–H groups in total. The summed E-state index contributed by atoms with van der Waals surface area (Å²) in [7, 11) is 5.44. The molecule has 0 saturated heterocycles. The first-order valence-electron chi connectivity index (χ1n) is 4.78. The standard InChI is InChI=1S/C11H11BFNO2/c1-2-16-7-6-10(15)14-9-5-3-4-8(13)11(9)12/h3-7H,2H2,1H3,(H,14,15)/b7-6+. The Morgan fingerprint density at radius 3 is 3.06 bits per heavy atom. The fraction of sp³-hybridized carbons (Fsp3) is 0.182. The van der Waals surface area contributed by atoms with Crippen molar-refractivity contribution in [3.05, 3.63) is 36.4 Å². The molecule has 0 aliphatic rings. The van der Waals surface area contributed by atoms with Crippen molar-refractivity contribution in [2.75, 3.05) is 11.9 Å². The number of carbonyl (C=O) groups excluding carboxylic acids is 1. The topological polar surface area (TPSA) is 38.3 Å². The Hall–Kier alpha value is -1.78. The van der Waals surface area contributed by atoms with E-state index in [1.807, 2.05) is 0 Å². The second kappa shape index (κ2) is 5.95. The van der Waals surface area contributed by atoms with Crippen LogP contribution in [0.3, 0.4) is 0 Å². The van der Waals surface area contributed by atoms with E-state index in [2.05, 4.69) is 5.32 Å². The van der Waals surface area contributed by atoms with Gasteiger partial charge in [0.25, 0.3) is 5.91 Å². The first-order valence-corrected chi connectivity index (χ1v) is 4.78.